The zero-order chi connectivity index (χ0) is 25.2. The molecule has 4 nitrogen and oxygen atoms in total. The SMILES string of the molecule is CCC(C)(C)CC(c1ccc(C(=O)OC(C)(C)C(C)(O)OC(C)(C)C)cc1)C(C)(C)CC. The van der Waals surface area contributed by atoms with Crippen molar-refractivity contribution in [2.24, 2.45) is 10.8 Å². The predicted molar refractivity (Wildman–Crippen MR) is 133 cm³/mol. The number of aliphatic hydroxyl groups is 1. The van der Waals surface area contributed by atoms with Crippen LogP contribution in [0.3, 0.4) is 0 Å². The first kappa shape index (κ1) is 28.6. The van der Waals surface area contributed by atoms with Crippen LogP contribution < -0.4 is 0 Å². The van der Waals surface area contributed by atoms with Crippen molar-refractivity contribution in [2.75, 3.05) is 0 Å². The highest BCUT2D eigenvalue weighted by Crippen LogP contribution is 2.46. The lowest BCUT2D eigenvalue weighted by Gasteiger charge is -2.42. The van der Waals surface area contributed by atoms with Crippen molar-refractivity contribution in [1.82, 2.24) is 0 Å². The molecular weight excluding hydrogens is 400 g/mol. The lowest BCUT2D eigenvalue weighted by Crippen LogP contribution is -2.55. The highest BCUT2D eigenvalue weighted by molar-refractivity contribution is 5.89. The van der Waals surface area contributed by atoms with Crippen LogP contribution >= 0.6 is 0 Å². The summed E-state index contributed by atoms with van der Waals surface area (Å²) < 4.78 is 11.5. The van der Waals surface area contributed by atoms with E-state index in [9.17, 15) is 9.90 Å². The minimum absolute atomic E-state index is 0.152. The molecule has 1 aromatic rings. The molecule has 1 aromatic carbocycles. The van der Waals surface area contributed by atoms with Gasteiger partial charge in [-0.2, -0.15) is 0 Å². The molecule has 0 fully saturated rings. The highest BCUT2D eigenvalue weighted by atomic mass is 16.7. The van der Waals surface area contributed by atoms with Gasteiger partial charge >= 0.3 is 5.97 Å². The average Bonchev–Trinajstić information content (AvgIpc) is 2.64. The summed E-state index contributed by atoms with van der Waals surface area (Å²) >= 11 is 0. The molecule has 0 bridgehead atoms. The van der Waals surface area contributed by atoms with Crippen molar-refractivity contribution >= 4 is 5.97 Å². The monoisotopic (exact) mass is 448 g/mol. The summed E-state index contributed by atoms with van der Waals surface area (Å²) in [5.74, 6) is -1.72. The first-order valence-corrected chi connectivity index (χ1v) is 12.0. The maximum absolute atomic E-state index is 12.9. The fourth-order valence-corrected chi connectivity index (χ4v) is 3.74. The lowest BCUT2D eigenvalue weighted by molar-refractivity contribution is -0.310. The van der Waals surface area contributed by atoms with Crippen LogP contribution in [0, 0.1) is 10.8 Å². The van der Waals surface area contributed by atoms with Gasteiger partial charge in [-0.3, -0.25) is 0 Å². The Bertz CT molecular complexity index is 749. The van der Waals surface area contributed by atoms with Crippen molar-refractivity contribution in [1.29, 1.82) is 0 Å². The molecule has 32 heavy (non-hydrogen) atoms. The Kier molecular flexibility index (Phi) is 8.81. The number of carbonyl (C=O) groups is 1. The number of rotatable bonds is 10. The van der Waals surface area contributed by atoms with Gasteiger partial charge in [0.05, 0.1) is 11.2 Å². The Morgan fingerprint density at radius 1 is 0.875 bits per heavy atom. The zero-order valence-corrected chi connectivity index (χ0v) is 22.7. The van der Waals surface area contributed by atoms with E-state index >= 15 is 0 Å². The number of esters is 1. The van der Waals surface area contributed by atoms with E-state index in [0.717, 1.165) is 19.3 Å². The van der Waals surface area contributed by atoms with Crippen LogP contribution in [0.1, 0.15) is 124 Å². The maximum atomic E-state index is 12.9. The van der Waals surface area contributed by atoms with E-state index in [1.807, 2.05) is 32.9 Å². The van der Waals surface area contributed by atoms with Crippen molar-refractivity contribution in [3.63, 3.8) is 0 Å². The number of ether oxygens (including phenoxy) is 2. The van der Waals surface area contributed by atoms with Crippen LogP contribution in [0.2, 0.25) is 0 Å². The molecule has 0 amide bonds. The number of hydrogen-bond donors (Lipinski definition) is 1. The lowest BCUT2D eigenvalue weighted by atomic mass is 9.66. The molecule has 0 spiro atoms. The van der Waals surface area contributed by atoms with Crippen molar-refractivity contribution in [3.8, 4) is 0 Å². The largest absolute Gasteiger partial charge is 0.450 e. The van der Waals surface area contributed by atoms with Gasteiger partial charge in [-0.25, -0.2) is 4.79 Å². The van der Waals surface area contributed by atoms with E-state index in [1.54, 1.807) is 13.8 Å². The van der Waals surface area contributed by atoms with Crippen LogP contribution in [-0.2, 0) is 9.47 Å². The van der Waals surface area contributed by atoms with E-state index in [0.29, 0.717) is 11.5 Å². The quantitative estimate of drug-likeness (QED) is 0.297. The van der Waals surface area contributed by atoms with Crippen LogP contribution in [-0.4, -0.2) is 28.1 Å². The molecule has 0 radical (unpaired) electrons. The molecule has 0 aromatic heterocycles. The molecular formula is C28H48O4. The number of hydrogen-bond acceptors (Lipinski definition) is 4. The average molecular weight is 449 g/mol. The molecule has 184 valence electrons. The zero-order valence-electron chi connectivity index (χ0n) is 22.7. The fraction of sp³-hybridized carbons (Fsp3) is 0.750. The summed E-state index contributed by atoms with van der Waals surface area (Å²) in [4.78, 5) is 12.9. The predicted octanol–water partition coefficient (Wildman–Crippen LogP) is 7.49. The van der Waals surface area contributed by atoms with Gasteiger partial charge < -0.3 is 14.6 Å². The second-order valence-electron chi connectivity index (χ2n) is 12.3. The summed E-state index contributed by atoms with van der Waals surface area (Å²) in [6.45, 7) is 24.2. The van der Waals surface area contributed by atoms with Gasteiger partial charge in [-0.15, -0.1) is 0 Å². The molecule has 0 aliphatic carbocycles. The van der Waals surface area contributed by atoms with E-state index < -0.39 is 23.0 Å². The first-order valence-electron chi connectivity index (χ1n) is 12.0. The summed E-state index contributed by atoms with van der Waals surface area (Å²) in [6, 6.07) is 7.79. The topological polar surface area (TPSA) is 55.8 Å². The van der Waals surface area contributed by atoms with E-state index in [1.165, 1.54) is 12.5 Å². The van der Waals surface area contributed by atoms with E-state index in [-0.39, 0.29) is 10.8 Å². The van der Waals surface area contributed by atoms with E-state index in [2.05, 4.69) is 53.7 Å². The standard InChI is InChI=1S/C28H48O4/c1-13-25(6,7)19-22(26(8,9)14-2)20-15-17-21(18-16-20)23(29)31-27(10,11)28(12,30)32-24(3,4)5/h15-18,22,30H,13-14,19H2,1-12H3. The van der Waals surface area contributed by atoms with Crippen LogP contribution in [0.25, 0.3) is 0 Å². The molecule has 2 unspecified atom stereocenters. The molecule has 1 N–H and O–H groups in total. The number of benzene rings is 1. The Balaban J connectivity index is 3.12. The summed E-state index contributed by atoms with van der Waals surface area (Å²) in [7, 11) is 0. The third-order valence-electron chi connectivity index (χ3n) is 7.09. The first-order chi connectivity index (χ1) is 14.3. The van der Waals surface area contributed by atoms with Gasteiger partial charge in [0.1, 0.15) is 0 Å². The maximum Gasteiger partial charge on any atom is 0.338 e. The smallest absolute Gasteiger partial charge is 0.338 e. The summed E-state index contributed by atoms with van der Waals surface area (Å²) in [5, 5.41) is 10.8. The Hall–Kier alpha value is -1.39. The van der Waals surface area contributed by atoms with Crippen molar-refractivity contribution < 1.29 is 19.4 Å². The molecule has 2 atom stereocenters. The molecule has 0 saturated heterocycles. The van der Waals surface area contributed by atoms with Gasteiger partial charge in [0.2, 0.25) is 5.79 Å². The summed E-state index contributed by atoms with van der Waals surface area (Å²) in [6.07, 6.45) is 3.30. The molecule has 0 saturated carbocycles. The van der Waals surface area contributed by atoms with Gasteiger partial charge in [-0.1, -0.05) is 66.5 Å². The number of carbonyl (C=O) groups excluding carboxylic acids is 1. The molecule has 0 heterocycles. The van der Waals surface area contributed by atoms with Crippen LogP contribution in [0.15, 0.2) is 24.3 Å². The van der Waals surface area contributed by atoms with Gasteiger partial charge in [0, 0.05) is 0 Å². The van der Waals surface area contributed by atoms with Crippen molar-refractivity contribution in [3.05, 3.63) is 35.4 Å². The third-order valence-corrected chi connectivity index (χ3v) is 7.09. The van der Waals surface area contributed by atoms with Crippen LogP contribution in [0.5, 0.6) is 0 Å². The van der Waals surface area contributed by atoms with E-state index in [4.69, 9.17) is 9.47 Å². The van der Waals surface area contributed by atoms with Gasteiger partial charge in [-0.05, 0) is 82.4 Å². The van der Waals surface area contributed by atoms with Crippen LogP contribution in [0.4, 0.5) is 0 Å². The third kappa shape index (κ3) is 7.59. The normalized spacial score (nSPS) is 16.4. The second kappa shape index (κ2) is 9.85. The highest BCUT2D eigenvalue weighted by Gasteiger charge is 2.46. The molecule has 4 heteroatoms. The Labute approximate surface area is 197 Å². The van der Waals surface area contributed by atoms with Gasteiger partial charge in [0.15, 0.2) is 5.60 Å². The minimum Gasteiger partial charge on any atom is -0.450 e. The molecule has 0 aliphatic rings. The minimum atomic E-state index is -1.64. The molecule has 1 rings (SSSR count). The fourth-order valence-electron chi connectivity index (χ4n) is 3.74. The Morgan fingerprint density at radius 2 is 1.38 bits per heavy atom. The summed E-state index contributed by atoms with van der Waals surface area (Å²) in [5.41, 5.74) is 0.306. The Morgan fingerprint density at radius 3 is 1.78 bits per heavy atom. The van der Waals surface area contributed by atoms with Gasteiger partial charge in [0.25, 0.3) is 0 Å². The second-order valence-corrected chi connectivity index (χ2v) is 12.3. The molecule has 0 aliphatic heterocycles. The van der Waals surface area contributed by atoms with Crippen molar-refractivity contribution in [2.45, 2.75) is 125 Å².